The molecule has 0 saturated carbocycles. The maximum absolute atomic E-state index is 11.5. The van der Waals surface area contributed by atoms with Crippen molar-refractivity contribution in [1.82, 2.24) is 4.98 Å². The zero-order valence-corrected chi connectivity index (χ0v) is 9.79. The van der Waals surface area contributed by atoms with E-state index in [0.717, 1.165) is 16.9 Å². The number of carbonyl (C=O) groups is 1. The normalized spacial score (nSPS) is 10.5. The second-order valence-corrected chi connectivity index (χ2v) is 4.29. The standard InChI is InChI=1S/C12H18N2O/c1-8(2)5-12(15)14-11-7-13-10(4)6-9(11)3/h6-8H,5H2,1-4H3,(H,14,15). The van der Waals surface area contributed by atoms with Crippen LogP contribution in [0.3, 0.4) is 0 Å². The van der Waals surface area contributed by atoms with Crippen LogP contribution in [0.2, 0.25) is 0 Å². The van der Waals surface area contributed by atoms with Gasteiger partial charge in [0, 0.05) is 12.1 Å². The Morgan fingerprint density at radius 1 is 1.47 bits per heavy atom. The molecular weight excluding hydrogens is 188 g/mol. The van der Waals surface area contributed by atoms with Crippen LogP contribution in [0, 0.1) is 19.8 Å². The van der Waals surface area contributed by atoms with Crippen molar-refractivity contribution in [2.45, 2.75) is 34.1 Å². The molecule has 0 unspecified atom stereocenters. The molecule has 15 heavy (non-hydrogen) atoms. The van der Waals surface area contributed by atoms with Gasteiger partial charge in [0.05, 0.1) is 11.9 Å². The van der Waals surface area contributed by atoms with Crippen LogP contribution in [0.1, 0.15) is 31.5 Å². The van der Waals surface area contributed by atoms with E-state index in [1.807, 2.05) is 33.8 Å². The van der Waals surface area contributed by atoms with Gasteiger partial charge in [0.1, 0.15) is 0 Å². The Morgan fingerprint density at radius 2 is 2.13 bits per heavy atom. The van der Waals surface area contributed by atoms with E-state index in [4.69, 9.17) is 0 Å². The van der Waals surface area contributed by atoms with Crippen LogP contribution in [0.5, 0.6) is 0 Å². The Labute approximate surface area is 90.9 Å². The first kappa shape index (κ1) is 11.7. The fraction of sp³-hybridized carbons (Fsp3) is 0.500. The molecule has 1 heterocycles. The minimum atomic E-state index is 0.0544. The van der Waals surface area contributed by atoms with Crippen molar-refractivity contribution in [2.75, 3.05) is 5.32 Å². The summed E-state index contributed by atoms with van der Waals surface area (Å²) in [6.07, 6.45) is 2.26. The van der Waals surface area contributed by atoms with E-state index < -0.39 is 0 Å². The first-order valence-electron chi connectivity index (χ1n) is 5.22. The van der Waals surface area contributed by atoms with Gasteiger partial charge in [-0.05, 0) is 31.4 Å². The van der Waals surface area contributed by atoms with Gasteiger partial charge in [0.15, 0.2) is 0 Å². The van der Waals surface area contributed by atoms with Gasteiger partial charge >= 0.3 is 0 Å². The van der Waals surface area contributed by atoms with Crippen molar-refractivity contribution in [2.24, 2.45) is 5.92 Å². The Morgan fingerprint density at radius 3 is 2.67 bits per heavy atom. The molecule has 1 N–H and O–H groups in total. The van der Waals surface area contributed by atoms with Gasteiger partial charge in [-0.2, -0.15) is 0 Å². The summed E-state index contributed by atoms with van der Waals surface area (Å²) in [7, 11) is 0. The third-order valence-corrected chi connectivity index (χ3v) is 2.12. The van der Waals surface area contributed by atoms with Crippen molar-refractivity contribution in [3.63, 3.8) is 0 Å². The van der Waals surface area contributed by atoms with Gasteiger partial charge in [-0.3, -0.25) is 9.78 Å². The van der Waals surface area contributed by atoms with Crippen LogP contribution in [0.25, 0.3) is 0 Å². The number of aromatic nitrogens is 1. The Balaban J connectivity index is 2.68. The van der Waals surface area contributed by atoms with E-state index in [2.05, 4.69) is 10.3 Å². The number of hydrogen-bond donors (Lipinski definition) is 1. The molecule has 0 saturated heterocycles. The van der Waals surface area contributed by atoms with Crippen LogP contribution in [0.4, 0.5) is 5.69 Å². The van der Waals surface area contributed by atoms with E-state index in [0.29, 0.717) is 12.3 Å². The predicted molar refractivity (Wildman–Crippen MR) is 61.8 cm³/mol. The van der Waals surface area contributed by atoms with Gasteiger partial charge in [-0.25, -0.2) is 0 Å². The minimum absolute atomic E-state index is 0.0544. The number of amides is 1. The lowest BCUT2D eigenvalue weighted by Gasteiger charge is -2.09. The molecular formula is C12H18N2O. The molecule has 1 amide bonds. The Bertz CT molecular complexity index is 359. The summed E-state index contributed by atoms with van der Waals surface area (Å²) < 4.78 is 0. The number of rotatable bonds is 3. The fourth-order valence-electron chi connectivity index (χ4n) is 1.40. The summed E-state index contributed by atoms with van der Waals surface area (Å²) in [4.78, 5) is 15.7. The van der Waals surface area contributed by atoms with Gasteiger partial charge in [0.25, 0.3) is 0 Å². The van der Waals surface area contributed by atoms with Crippen molar-refractivity contribution < 1.29 is 4.79 Å². The van der Waals surface area contributed by atoms with Crippen LogP contribution in [-0.2, 0) is 4.79 Å². The van der Waals surface area contributed by atoms with Crippen LogP contribution < -0.4 is 5.32 Å². The minimum Gasteiger partial charge on any atom is -0.325 e. The molecule has 0 atom stereocenters. The maximum atomic E-state index is 11.5. The molecule has 1 aromatic heterocycles. The summed E-state index contributed by atoms with van der Waals surface area (Å²) in [5.41, 5.74) is 2.83. The first-order chi connectivity index (χ1) is 6.99. The summed E-state index contributed by atoms with van der Waals surface area (Å²) >= 11 is 0. The summed E-state index contributed by atoms with van der Waals surface area (Å²) in [5.74, 6) is 0.433. The topological polar surface area (TPSA) is 42.0 Å². The van der Waals surface area contributed by atoms with Gasteiger partial charge < -0.3 is 5.32 Å². The van der Waals surface area contributed by atoms with E-state index in [1.165, 1.54) is 0 Å². The van der Waals surface area contributed by atoms with Gasteiger partial charge in [0.2, 0.25) is 5.91 Å². The number of hydrogen-bond acceptors (Lipinski definition) is 2. The highest BCUT2D eigenvalue weighted by Gasteiger charge is 2.07. The van der Waals surface area contributed by atoms with Crippen molar-refractivity contribution in [3.8, 4) is 0 Å². The van der Waals surface area contributed by atoms with E-state index in [-0.39, 0.29) is 5.91 Å². The predicted octanol–water partition coefficient (Wildman–Crippen LogP) is 2.68. The van der Waals surface area contributed by atoms with Crippen LogP contribution >= 0.6 is 0 Å². The quantitative estimate of drug-likeness (QED) is 0.826. The molecule has 0 bridgehead atoms. The lowest BCUT2D eigenvalue weighted by atomic mass is 10.1. The number of pyridine rings is 1. The van der Waals surface area contributed by atoms with Gasteiger partial charge in [-0.15, -0.1) is 0 Å². The SMILES string of the molecule is Cc1cc(C)c(NC(=O)CC(C)C)cn1. The van der Waals surface area contributed by atoms with Crippen LogP contribution in [-0.4, -0.2) is 10.9 Å². The van der Waals surface area contributed by atoms with Crippen LogP contribution in [0.15, 0.2) is 12.3 Å². The molecule has 0 aliphatic rings. The fourth-order valence-corrected chi connectivity index (χ4v) is 1.40. The lowest BCUT2D eigenvalue weighted by molar-refractivity contribution is -0.116. The monoisotopic (exact) mass is 206 g/mol. The highest BCUT2D eigenvalue weighted by Crippen LogP contribution is 2.14. The van der Waals surface area contributed by atoms with E-state index in [9.17, 15) is 4.79 Å². The smallest absolute Gasteiger partial charge is 0.224 e. The zero-order valence-electron chi connectivity index (χ0n) is 9.79. The largest absolute Gasteiger partial charge is 0.325 e. The molecule has 0 aliphatic heterocycles. The lowest BCUT2D eigenvalue weighted by Crippen LogP contribution is -2.14. The number of nitrogens with one attached hydrogen (secondary N) is 1. The third-order valence-electron chi connectivity index (χ3n) is 2.12. The number of nitrogens with zero attached hydrogens (tertiary/aromatic N) is 1. The number of aryl methyl sites for hydroxylation is 2. The van der Waals surface area contributed by atoms with E-state index >= 15 is 0 Å². The average Bonchev–Trinajstić information content (AvgIpc) is 2.08. The molecule has 0 spiro atoms. The molecule has 3 heteroatoms. The molecule has 3 nitrogen and oxygen atoms in total. The van der Waals surface area contributed by atoms with E-state index in [1.54, 1.807) is 6.20 Å². The maximum Gasteiger partial charge on any atom is 0.224 e. The molecule has 82 valence electrons. The highest BCUT2D eigenvalue weighted by atomic mass is 16.1. The molecule has 1 aromatic rings. The van der Waals surface area contributed by atoms with Crippen molar-refractivity contribution >= 4 is 11.6 Å². The second-order valence-electron chi connectivity index (χ2n) is 4.29. The molecule has 0 aromatic carbocycles. The van der Waals surface area contributed by atoms with Crippen molar-refractivity contribution in [3.05, 3.63) is 23.5 Å². The first-order valence-corrected chi connectivity index (χ1v) is 5.22. The summed E-state index contributed by atoms with van der Waals surface area (Å²) in [5, 5.41) is 2.87. The molecule has 0 fully saturated rings. The summed E-state index contributed by atoms with van der Waals surface area (Å²) in [6.45, 7) is 7.96. The van der Waals surface area contributed by atoms with Gasteiger partial charge in [-0.1, -0.05) is 13.8 Å². The number of carbonyl (C=O) groups excluding carboxylic acids is 1. The highest BCUT2D eigenvalue weighted by molar-refractivity contribution is 5.91. The Hall–Kier alpha value is -1.38. The molecule has 0 aliphatic carbocycles. The Kier molecular flexibility index (Phi) is 3.83. The second kappa shape index (κ2) is 4.91. The third kappa shape index (κ3) is 3.70. The van der Waals surface area contributed by atoms with Crippen molar-refractivity contribution in [1.29, 1.82) is 0 Å². The average molecular weight is 206 g/mol. The summed E-state index contributed by atoms with van der Waals surface area (Å²) in [6, 6.07) is 1.96. The molecule has 0 radical (unpaired) electrons. The zero-order chi connectivity index (χ0) is 11.4. The molecule has 1 rings (SSSR count). The number of anilines is 1.